The Morgan fingerprint density at radius 2 is 2.31 bits per heavy atom. The van der Waals surface area contributed by atoms with Gasteiger partial charge < -0.3 is 4.40 Å². The second-order valence-electron chi connectivity index (χ2n) is 2.79. The molecule has 2 heterocycles. The summed E-state index contributed by atoms with van der Waals surface area (Å²) in [6.45, 7) is 2.07. The summed E-state index contributed by atoms with van der Waals surface area (Å²) in [6, 6.07) is 4.10. The Morgan fingerprint density at radius 3 is 2.92 bits per heavy atom. The summed E-state index contributed by atoms with van der Waals surface area (Å²) in [5, 5.41) is 0.814. The van der Waals surface area contributed by atoms with Gasteiger partial charge in [0.2, 0.25) is 0 Å². The van der Waals surface area contributed by atoms with Gasteiger partial charge in [0.15, 0.2) is 0 Å². The van der Waals surface area contributed by atoms with Crippen LogP contribution in [-0.4, -0.2) is 9.38 Å². The van der Waals surface area contributed by atoms with E-state index in [-0.39, 0.29) is 17.0 Å². The molecule has 0 aliphatic carbocycles. The van der Waals surface area contributed by atoms with E-state index in [9.17, 15) is 0 Å². The highest BCUT2D eigenvalue weighted by molar-refractivity contribution is 9.08. The molecular weight excluding hydrogens is 296 g/mol. The quantitative estimate of drug-likeness (QED) is 0.740. The summed E-state index contributed by atoms with van der Waals surface area (Å²) in [7, 11) is 0. The number of hydrogen-bond donors (Lipinski definition) is 0. The van der Waals surface area contributed by atoms with E-state index in [2.05, 4.69) is 33.9 Å². The molecule has 0 aromatic carbocycles. The molecule has 0 unspecified atom stereocenters. The zero-order valence-electron chi connectivity index (χ0n) is 7.20. The monoisotopic (exact) mass is 304 g/mol. The van der Waals surface area contributed by atoms with Gasteiger partial charge in [-0.3, -0.25) is 0 Å². The molecule has 0 saturated heterocycles. The van der Waals surface area contributed by atoms with Crippen LogP contribution in [0.1, 0.15) is 11.3 Å². The third-order valence-electron chi connectivity index (χ3n) is 1.86. The van der Waals surface area contributed by atoms with E-state index >= 15 is 0 Å². The molecule has 0 bridgehead atoms. The van der Waals surface area contributed by atoms with Crippen LogP contribution in [0.5, 0.6) is 0 Å². The van der Waals surface area contributed by atoms with Gasteiger partial charge in [-0.25, -0.2) is 4.98 Å². The molecule has 0 aliphatic rings. The molecule has 13 heavy (non-hydrogen) atoms. The highest BCUT2D eigenvalue weighted by Gasteiger charge is 2.00. The number of nitrogens with zero attached hydrogens (tertiary/aromatic N) is 2. The number of rotatable bonds is 1. The molecule has 0 fully saturated rings. The highest BCUT2D eigenvalue weighted by atomic mass is 79.9. The lowest BCUT2D eigenvalue weighted by Crippen LogP contribution is -1.83. The molecule has 0 N–H and O–H groups in total. The van der Waals surface area contributed by atoms with Gasteiger partial charge in [-0.05, 0) is 18.6 Å². The first-order chi connectivity index (χ1) is 5.81. The Balaban J connectivity index is 0.000000845. The van der Waals surface area contributed by atoms with Crippen molar-refractivity contribution in [3.63, 3.8) is 0 Å². The second-order valence-corrected chi connectivity index (χ2v) is 3.35. The minimum absolute atomic E-state index is 0. The average Bonchev–Trinajstić information content (AvgIpc) is 2.49. The molecular formula is C9H10Br2N2. The Morgan fingerprint density at radius 1 is 1.54 bits per heavy atom. The van der Waals surface area contributed by atoms with Gasteiger partial charge >= 0.3 is 0 Å². The van der Waals surface area contributed by atoms with Gasteiger partial charge in [0, 0.05) is 17.7 Å². The van der Waals surface area contributed by atoms with E-state index in [1.165, 1.54) is 5.56 Å². The zero-order valence-corrected chi connectivity index (χ0v) is 10.5. The van der Waals surface area contributed by atoms with Gasteiger partial charge in [0.05, 0.1) is 5.69 Å². The summed E-state index contributed by atoms with van der Waals surface area (Å²) < 4.78 is 2.05. The van der Waals surface area contributed by atoms with Crippen LogP contribution in [-0.2, 0) is 5.33 Å². The number of fused-ring (bicyclic) bond motifs is 1. The number of aryl methyl sites for hydroxylation is 1. The van der Waals surface area contributed by atoms with E-state index in [4.69, 9.17) is 0 Å². The second kappa shape index (κ2) is 4.24. The predicted octanol–water partition coefficient (Wildman–Crippen LogP) is 3.12. The number of imidazole rings is 1. The lowest BCUT2D eigenvalue weighted by Gasteiger charge is -1.93. The Labute approximate surface area is 95.9 Å². The molecule has 0 saturated carbocycles. The number of hydrogen-bond acceptors (Lipinski definition) is 1. The topological polar surface area (TPSA) is 17.3 Å². The highest BCUT2D eigenvalue weighted by Crippen LogP contribution is 2.11. The van der Waals surface area contributed by atoms with E-state index in [0.29, 0.717) is 0 Å². The molecule has 0 spiro atoms. The van der Waals surface area contributed by atoms with Crippen LogP contribution in [0.3, 0.4) is 0 Å². The fourth-order valence-corrected chi connectivity index (χ4v) is 1.54. The van der Waals surface area contributed by atoms with Crippen molar-refractivity contribution in [3.8, 4) is 0 Å². The standard InChI is InChI=1S/C9H9BrN2.BrH/c1-7-3-2-4-12-6-8(5-10)11-9(7)12;/h2-4,6H,5H2,1H3;1H. The maximum absolute atomic E-state index is 4.45. The average molecular weight is 306 g/mol. The predicted molar refractivity (Wildman–Crippen MR) is 62.9 cm³/mol. The summed E-state index contributed by atoms with van der Waals surface area (Å²) in [5.74, 6) is 0. The fourth-order valence-electron chi connectivity index (χ4n) is 1.27. The smallest absolute Gasteiger partial charge is 0.139 e. The van der Waals surface area contributed by atoms with Gasteiger partial charge in [-0.2, -0.15) is 0 Å². The van der Waals surface area contributed by atoms with Crippen LogP contribution in [0.25, 0.3) is 5.65 Å². The fraction of sp³-hybridized carbons (Fsp3) is 0.222. The first-order valence-corrected chi connectivity index (χ1v) is 4.92. The minimum Gasteiger partial charge on any atom is -0.307 e. The summed E-state index contributed by atoms with van der Waals surface area (Å²) in [6.07, 6.45) is 4.05. The third-order valence-corrected chi connectivity index (χ3v) is 2.44. The van der Waals surface area contributed by atoms with Crippen molar-refractivity contribution >= 4 is 38.6 Å². The molecule has 70 valence electrons. The first-order valence-electron chi connectivity index (χ1n) is 3.80. The van der Waals surface area contributed by atoms with Crippen molar-refractivity contribution in [1.29, 1.82) is 0 Å². The van der Waals surface area contributed by atoms with Gasteiger partial charge in [0.25, 0.3) is 0 Å². The van der Waals surface area contributed by atoms with E-state index in [1.54, 1.807) is 0 Å². The summed E-state index contributed by atoms with van der Waals surface area (Å²) in [5.41, 5.74) is 3.33. The van der Waals surface area contributed by atoms with Gasteiger partial charge in [0.1, 0.15) is 5.65 Å². The van der Waals surface area contributed by atoms with Crippen LogP contribution in [0, 0.1) is 6.92 Å². The maximum Gasteiger partial charge on any atom is 0.139 e. The van der Waals surface area contributed by atoms with Crippen molar-refractivity contribution in [1.82, 2.24) is 9.38 Å². The van der Waals surface area contributed by atoms with Crippen molar-refractivity contribution < 1.29 is 0 Å². The van der Waals surface area contributed by atoms with E-state index in [0.717, 1.165) is 16.7 Å². The number of aromatic nitrogens is 2. The molecule has 0 aliphatic heterocycles. The van der Waals surface area contributed by atoms with E-state index in [1.807, 2.05) is 22.9 Å². The number of alkyl halides is 1. The van der Waals surface area contributed by atoms with Crippen molar-refractivity contribution in [2.24, 2.45) is 0 Å². The molecule has 4 heteroatoms. The van der Waals surface area contributed by atoms with Crippen molar-refractivity contribution in [2.45, 2.75) is 12.3 Å². The zero-order chi connectivity index (χ0) is 8.55. The molecule has 2 aromatic rings. The summed E-state index contributed by atoms with van der Waals surface area (Å²) >= 11 is 3.38. The minimum atomic E-state index is 0. The largest absolute Gasteiger partial charge is 0.307 e. The molecule has 0 atom stereocenters. The SMILES string of the molecule is Br.Cc1cccn2cc(CBr)nc12. The molecule has 0 amide bonds. The van der Waals surface area contributed by atoms with Crippen molar-refractivity contribution in [3.05, 3.63) is 35.8 Å². The van der Waals surface area contributed by atoms with Gasteiger partial charge in [-0.15, -0.1) is 17.0 Å². The van der Waals surface area contributed by atoms with Crippen LogP contribution in [0.2, 0.25) is 0 Å². The Kier molecular flexibility index (Phi) is 3.50. The third kappa shape index (κ3) is 1.94. The molecule has 2 rings (SSSR count). The molecule has 2 aromatic heterocycles. The molecule has 0 radical (unpaired) electrons. The van der Waals surface area contributed by atoms with E-state index < -0.39 is 0 Å². The maximum atomic E-state index is 4.45. The molecule has 2 nitrogen and oxygen atoms in total. The number of halogens is 2. The number of pyridine rings is 1. The van der Waals surface area contributed by atoms with Crippen LogP contribution < -0.4 is 0 Å². The van der Waals surface area contributed by atoms with Crippen LogP contribution in [0.4, 0.5) is 0 Å². The lowest BCUT2D eigenvalue weighted by atomic mass is 10.3. The van der Waals surface area contributed by atoms with Crippen LogP contribution in [0.15, 0.2) is 24.5 Å². The van der Waals surface area contributed by atoms with Gasteiger partial charge in [-0.1, -0.05) is 22.0 Å². The summed E-state index contributed by atoms with van der Waals surface area (Å²) in [4.78, 5) is 4.45. The Hall–Kier alpha value is -0.350. The van der Waals surface area contributed by atoms with Crippen LogP contribution >= 0.6 is 32.9 Å². The van der Waals surface area contributed by atoms with Crippen molar-refractivity contribution in [2.75, 3.05) is 0 Å². The first kappa shape index (κ1) is 10.7. The Bertz CT molecular complexity index is 409. The normalized spacial score (nSPS) is 10.0. The lowest BCUT2D eigenvalue weighted by molar-refractivity contribution is 1.16.